The van der Waals surface area contributed by atoms with E-state index in [-0.39, 0.29) is 23.2 Å². The topological polar surface area (TPSA) is 111 Å². The normalized spacial score (nSPS) is 11.1. The molecule has 2 N–H and O–H groups in total. The Morgan fingerprint density at radius 2 is 1.58 bits per heavy atom. The number of carbonyl (C=O) groups is 4. The van der Waals surface area contributed by atoms with Crippen LogP contribution in [0.4, 0.5) is 24.5 Å². The molecule has 2 aromatic rings. The van der Waals surface area contributed by atoms with E-state index in [9.17, 15) is 32.3 Å². The van der Waals surface area contributed by atoms with E-state index >= 15 is 0 Å². The van der Waals surface area contributed by atoms with Crippen LogP contribution in [0.2, 0.25) is 5.02 Å². The van der Waals surface area contributed by atoms with Gasteiger partial charge >= 0.3 is 18.1 Å². The third-order valence-corrected chi connectivity index (χ3v) is 4.77. The predicted octanol–water partition coefficient (Wildman–Crippen LogP) is 5.07. The van der Waals surface area contributed by atoms with Gasteiger partial charge in [0.05, 0.1) is 34.9 Å². The second kappa shape index (κ2) is 12.9. The molecule has 0 heterocycles. The van der Waals surface area contributed by atoms with Gasteiger partial charge in [0.1, 0.15) is 0 Å². The summed E-state index contributed by atoms with van der Waals surface area (Å²) in [4.78, 5) is 47.7. The van der Waals surface area contributed by atoms with Crippen molar-refractivity contribution in [3.05, 3.63) is 58.6 Å². The van der Waals surface area contributed by atoms with Crippen molar-refractivity contribution in [2.75, 3.05) is 23.8 Å². The SMILES string of the molecule is CC(C)COC(=O)c1ccc(NC(=O)COC(=O)CCC(=O)Nc2cc(C(F)(F)F)ccc2Cl)cc1. The average molecular weight is 529 g/mol. The Morgan fingerprint density at radius 1 is 0.917 bits per heavy atom. The molecule has 0 bridgehead atoms. The highest BCUT2D eigenvalue weighted by atomic mass is 35.5. The van der Waals surface area contributed by atoms with Gasteiger partial charge in [-0.3, -0.25) is 14.4 Å². The molecular formula is C24H24ClF3N2O6. The van der Waals surface area contributed by atoms with E-state index in [0.29, 0.717) is 17.3 Å². The van der Waals surface area contributed by atoms with E-state index in [1.54, 1.807) is 0 Å². The summed E-state index contributed by atoms with van der Waals surface area (Å²) >= 11 is 5.81. The Labute approximate surface area is 210 Å². The molecule has 0 radical (unpaired) electrons. The van der Waals surface area contributed by atoms with Crippen molar-refractivity contribution in [2.45, 2.75) is 32.9 Å². The standard InChI is InChI=1S/C24H24ClF3N2O6/c1-14(2)12-36-23(34)15-3-6-17(7-4-15)29-21(32)13-35-22(33)10-9-20(31)30-19-11-16(24(26,27)28)5-8-18(19)25/h3-8,11,14H,9-10,12-13H2,1-2H3,(H,29,32)(H,30,31). The van der Waals surface area contributed by atoms with Gasteiger partial charge in [0.15, 0.2) is 6.61 Å². The van der Waals surface area contributed by atoms with E-state index in [4.69, 9.17) is 21.1 Å². The van der Waals surface area contributed by atoms with Crippen LogP contribution in [0.25, 0.3) is 0 Å². The smallest absolute Gasteiger partial charge is 0.416 e. The Bertz CT molecular complexity index is 1100. The lowest BCUT2D eigenvalue weighted by Gasteiger charge is -2.11. The number of anilines is 2. The van der Waals surface area contributed by atoms with Crippen LogP contribution in [0.1, 0.15) is 42.6 Å². The fourth-order valence-electron chi connectivity index (χ4n) is 2.66. The van der Waals surface area contributed by atoms with Gasteiger partial charge in [0.25, 0.3) is 5.91 Å². The van der Waals surface area contributed by atoms with Crippen molar-refractivity contribution in [3.8, 4) is 0 Å². The molecule has 2 rings (SSSR count). The molecule has 0 fully saturated rings. The zero-order valence-electron chi connectivity index (χ0n) is 19.4. The Morgan fingerprint density at radius 3 is 2.19 bits per heavy atom. The number of nitrogens with one attached hydrogen (secondary N) is 2. The molecule has 0 spiro atoms. The number of rotatable bonds is 10. The highest BCUT2D eigenvalue weighted by Gasteiger charge is 2.31. The van der Waals surface area contributed by atoms with Crippen LogP contribution in [0.5, 0.6) is 0 Å². The van der Waals surface area contributed by atoms with Crippen LogP contribution in [0, 0.1) is 5.92 Å². The second-order valence-electron chi connectivity index (χ2n) is 8.02. The first-order chi connectivity index (χ1) is 16.8. The highest BCUT2D eigenvalue weighted by Crippen LogP contribution is 2.33. The van der Waals surface area contributed by atoms with Crippen LogP contribution >= 0.6 is 11.6 Å². The summed E-state index contributed by atoms with van der Waals surface area (Å²) in [7, 11) is 0. The largest absolute Gasteiger partial charge is 0.462 e. The summed E-state index contributed by atoms with van der Waals surface area (Å²) in [6.45, 7) is 3.47. The van der Waals surface area contributed by atoms with Crippen LogP contribution in [0.15, 0.2) is 42.5 Å². The van der Waals surface area contributed by atoms with Crippen LogP contribution in [-0.4, -0.2) is 37.0 Å². The third kappa shape index (κ3) is 9.57. The zero-order chi connectivity index (χ0) is 26.9. The molecule has 0 saturated carbocycles. The monoisotopic (exact) mass is 528 g/mol. The van der Waals surface area contributed by atoms with Gasteiger partial charge in [0, 0.05) is 12.1 Å². The number of carbonyl (C=O) groups excluding carboxylic acids is 4. The fraction of sp³-hybridized carbons (Fsp3) is 0.333. The first-order valence-corrected chi connectivity index (χ1v) is 11.1. The summed E-state index contributed by atoms with van der Waals surface area (Å²) in [6.07, 6.45) is -5.43. The zero-order valence-corrected chi connectivity index (χ0v) is 20.2. The summed E-state index contributed by atoms with van der Waals surface area (Å²) in [5, 5.41) is 4.59. The van der Waals surface area contributed by atoms with Gasteiger partial charge in [-0.2, -0.15) is 13.2 Å². The van der Waals surface area contributed by atoms with Crippen molar-refractivity contribution in [1.82, 2.24) is 0 Å². The minimum Gasteiger partial charge on any atom is -0.462 e. The minimum absolute atomic E-state index is 0.101. The van der Waals surface area contributed by atoms with E-state index in [1.165, 1.54) is 24.3 Å². The molecule has 2 aromatic carbocycles. The van der Waals surface area contributed by atoms with Crippen molar-refractivity contribution in [3.63, 3.8) is 0 Å². The Balaban J connectivity index is 1.75. The van der Waals surface area contributed by atoms with E-state index < -0.39 is 54.9 Å². The van der Waals surface area contributed by atoms with Gasteiger partial charge in [-0.1, -0.05) is 25.4 Å². The first kappa shape index (κ1) is 28.6. The summed E-state index contributed by atoms with van der Waals surface area (Å²) in [6, 6.07) is 8.36. The van der Waals surface area contributed by atoms with E-state index in [1.807, 2.05) is 13.8 Å². The number of alkyl halides is 3. The molecule has 2 amide bonds. The molecular weight excluding hydrogens is 505 g/mol. The lowest BCUT2D eigenvalue weighted by atomic mass is 10.2. The van der Waals surface area contributed by atoms with Crippen LogP contribution < -0.4 is 10.6 Å². The number of hydrogen-bond acceptors (Lipinski definition) is 6. The molecule has 0 aliphatic heterocycles. The van der Waals surface area contributed by atoms with E-state index in [2.05, 4.69) is 10.6 Å². The van der Waals surface area contributed by atoms with Gasteiger partial charge in [0.2, 0.25) is 5.91 Å². The van der Waals surface area contributed by atoms with Crippen LogP contribution in [0.3, 0.4) is 0 Å². The Hall–Kier alpha value is -3.60. The van der Waals surface area contributed by atoms with Crippen molar-refractivity contribution in [1.29, 1.82) is 0 Å². The molecule has 0 aliphatic rings. The van der Waals surface area contributed by atoms with Gasteiger partial charge < -0.3 is 20.1 Å². The van der Waals surface area contributed by atoms with Crippen molar-refractivity contribution < 1.29 is 41.8 Å². The number of ether oxygens (including phenoxy) is 2. The number of esters is 2. The number of halogens is 4. The average Bonchev–Trinajstić information content (AvgIpc) is 2.81. The number of hydrogen-bond donors (Lipinski definition) is 2. The van der Waals surface area contributed by atoms with Gasteiger partial charge in [-0.25, -0.2) is 4.79 Å². The first-order valence-electron chi connectivity index (χ1n) is 10.7. The predicted molar refractivity (Wildman–Crippen MR) is 125 cm³/mol. The maximum atomic E-state index is 12.8. The second-order valence-corrected chi connectivity index (χ2v) is 8.43. The molecule has 8 nitrogen and oxygen atoms in total. The number of benzene rings is 2. The van der Waals surface area contributed by atoms with Crippen molar-refractivity contribution in [2.24, 2.45) is 5.92 Å². The molecule has 0 saturated heterocycles. The lowest BCUT2D eigenvalue weighted by Crippen LogP contribution is -2.22. The maximum Gasteiger partial charge on any atom is 0.416 e. The fourth-order valence-corrected chi connectivity index (χ4v) is 2.82. The summed E-state index contributed by atoms with van der Waals surface area (Å²) < 4.78 is 48.3. The van der Waals surface area contributed by atoms with Gasteiger partial charge in [-0.05, 0) is 48.4 Å². The molecule has 12 heteroatoms. The summed E-state index contributed by atoms with van der Waals surface area (Å²) in [5.74, 6) is -2.57. The molecule has 194 valence electrons. The molecule has 0 unspecified atom stereocenters. The molecule has 36 heavy (non-hydrogen) atoms. The van der Waals surface area contributed by atoms with Crippen molar-refractivity contribution >= 4 is 46.7 Å². The third-order valence-electron chi connectivity index (χ3n) is 4.44. The Kier molecular flexibility index (Phi) is 10.3. The lowest BCUT2D eigenvalue weighted by molar-refractivity contribution is -0.147. The van der Waals surface area contributed by atoms with Gasteiger partial charge in [-0.15, -0.1) is 0 Å². The highest BCUT2D eigenvalue weighted by molar-refractivity contribution is 6.33. The summed E-state index contributed by atoms with van der Waals surface area (Å²) in [5.41, 5.74) is -0.574. The quantitative estimate of drug-likeness (QED) is 0.416. The molecule has 0 aromatic heterocycles. The minimum atomic E-state index is -4.62. The number of amides is 2. The van der Waals surface area contributed by atoms with E-state index in [0.717, 1.165) is 12.1 Å². The van der Waals surface area contributed by atoms with Crippen LogP contribution in [-0.2, 0) is 30.0 Å². The maximum absolute atomic E-state index is 12.8. The molecule has 0 aliphatic carbocycles. The molecule has 0 atom stereocenters.